The van der Waals surface area contributed by atoms with Crippen LogP contribution in [0.4, 0.5) is 0 Å². The van der Waals surface area contributed by atoms with Crippen LogP contribution in [-0.2, 0) is 6.54 Å². The minimum absolute atomic E-state index is 0.658. The van der Waals surface area contributed by atoms with Crippen LogP contribution in [0.15, 0.2) is 18.2 Å². The molecule has 0 unspecified atom stereocenters. The van der Waals surface area contributed by atoms with Crippen LogP contribution >= 0.6 is 0 Å². The summed E-state index contributed by atoms with van der Waals surface area (Å²) in [5.41, 5.74) is 1.23. The molecule has 1 aromatic rings. The Kier molecular flexibility index (Phi) is 7.26. The molecule has 3 nitrogen and oxygen atoms in total. The lowest BCUT2D eigenvalue weighted by atomic mass is 10.2. The first-order chi connectivity index (χ1) is 8.81. The van der Waals surface area contributed by atoms with Gasteiger partial charge in [-0.1, -0.05) is 25.8 Å². The van der Waals surface area contributed by atoms with Gasteiger partial charge in [-0.05, 0) is 37.6 Å². The van der Waals surface area contributed by atoms with E-state index in [1.165, 1.54) is 24.8 Å². The molecule has 0 amide bonds. The van der Waals surface area contributed by atoms with Gasteiger partial charge in [0.25, 0.3) is 0 Å². The van der Waals surface area contributed by atoms with E-state index < -0.39 is 0 Å². The lowest BCUT2D eigenvalue weighted by molar-refractivity contribution is 0.310. The second-order valence-electron chi connectivity index (χ2n) is 4.30. The Bertz CT molecular complexity index is 339. The van der Waals surface area contributed by atoms with E-state index in [0.717, 1.165) is 24.6 Å². The van der Waals surface area contributed by atoms with E-state index in [0.29, 0.717) is 6.61 Å². The van der Waals surface area contributed by atoms with Gasteiger partial charge in [0.05, 0.1) is 13.7 Å². The minimum Gasteiger partial charge on any atom is -0.493 e. The molecule has 1 rings (SSSR count). The SMILES string of the molecule is CCCCCNCc1ccc(OCC)c(OC)c1. The Hall–Kier alpha value is -1.22. The average molecular weight is 251 g/mol. The predicted molar refractivity (Wildman–Crippen MR) is 75.4 cm³/mol. The van der Waals surface area contributed by atoms with E-state index in [1.54, 1.807) is 7.11 Å². The van der Waals surface area contributed by atoms with E-state index in [9.17, 15) is 0 Å². The van der Waals surface area contributed by atoms with Crippen molar-refractivity contribution in [3.63, 3.8) is 0 Å². The highest BCUT2D eigenvalue weighted by atomic mass is 16.5. The van der Waals surface area contributed by atoms with Crippen molar-refractivity contribution in [2.75, 3.05) is 20.3 Å². The molecule has 0 heterocycles. The fourth-order valence-corrected chi connectivity index (χ4v) is 1.83. The van der Waals surface area contributed by atoms with Gasteiger partial charge in [0.2, 0.25) is 0 Å². The lowest BCUT2D eigenvalue weighted by Gasteiger charge is -2.11. The van der Waals surface area contributed by atoms with Crippen LogP contribution in [0.5, 0.6) is 11.5 Å². The number of rotatable bonds is 9. The van der Waals surface area contributed by atoms with Crippen molar-refractivity contribution in [2.24, 2.45) is 0 Å². The van der Waals surface area contributed by atoms with E-state index in [-0.39, 0.29) is 0 Å². The Labute approximate surface area is 110 Å². The summed E-state index contributed by atoms with van der Waals surface area (Å²) in [6.07, 6.45) is 3.79. The van der Waals surface area contributed by atoms with Crippen LogP contribution in [-0.4, -0.2) is 20.3 Å². The standard InChI is InChI=1S/C15H25NO2/c1-4-6-7-10-16-12-13-8-9-14(18-5-2)15(11-13)17-3/h8-9,11,16H,4-7,10,12H2,1-3H3. The number of hydrogen-bond donors (Lipinski definition) is 1. The third kappa shape index (κ3) is 4.96. The Morgan fingerprint density at radius 2 is 1.94 bits per heavy atom. The normalized spacial score (nSPS) is 10.4. The van der Waals surface area contributed by atoms with Crippen molar-refractivity contribution in [1.82, 2.24) is 5.32 Å². The largest absolute Gasteiger partial charge is 0.493 e. The van der Waals surface area contributed by atoms with Crippen molar-refractivity contribution in [3.8, 4) is 11.5 Å². The fraction of sp³-hybridized carbons (Fsp3) is 0.600. The van der Waals surface area contributed by atoms with Gasteiger partial charge in [-0.2, -0.15) is 0 Å². The first-order valence-electron chi connectivity index (χ1n) is 6.82. The van der Waals surface area contributed by atoms with Gasteiger partial charge < -0.3 is 14.8 Å². The van der Waals surface area contributed by atoms with E-state index in [1.807, 2.05) is 19.1 Å². The van der Waals surface area contributed by atoms with Crippen LogP contribution in [0, 0.1) is 0 Å². The highest BCUT2D eigenvalue weighted by Gasteiger charge is 2.04. The number of ether oxygens (including phenoxy) is 2. The second kappa shape index (κ2) is 8.81. The van der Waals surface area contributed by atoms with Crippen molar-refractivity contribution in [3.05, 3.63) is 23.8 Å². The second-order valence-corrected chi connectivity index (χ2v) is 4.30. The van der Waals surface area contributed by atoms with E-state index >= 15 is 0 Å². The summed E-state index contributed by atoms with van der Waals surface area (Å²) in [4.78, 5) is 0. The van der Waals surface area contributed by atoms with Crippen LogP contribution in [0.1, 0.15) is 38.7 Å². The molecule has 3 heteroatoms. The molecule has 102 valence electrons. The Morgan fingerprint density at radius 3 is 2.61 bits per heavy atom. The molecule has 0 aliphatic heterocycles. The van der Waals surface area contributed by atoms with Crippen molar-refractivity contribution >= 4 is 0 Å². The zero-order valence-corrected chi connectivity index (χ0v) is 11.8. The maximum absolute atomic E-state index is 5.50. The predicted octanol–water partition coefficient (Wildman–Crippen LogP) is 3.37. The molecule has 0 radical (unpaired) electrons. The molecule has 1 aromatic carbocycles. The molecular formula is C15H25NO2. The van der Waals surface area contributed by atoms with Crippen LogP contribution < -0.4 is 14.8 Å². The first kappa shape index (κ1) is 14.8. The van der Waals surface area contributed by atoms with Crippen LogP contribution in [0.25, 0.3) is 0 Å². The molecule has 0 aliphatic carbocycles. The Morgan fingerprint density at radius 1 is 1.11 bits per heavy atom. The summed E-state index contributed by atoms with van der Waals surface area (Å²) in [7, 11) is 1.68. The quantitative estimate of drug-likeness (QED) is 0.683. The number of benzene rings is 1. The number of hydrogen-bond acceptors (Lipinski definition) is 3. The molecule has 0 saturated carbocycles. The third-order valence-corrected chi connectivity index (χ3v) is 2.81. The molecule has 0 aromatic heterocycles. The fourth-order valence-electron chi connectivity index (χ4n) is 1.83. The molecule has 0 atom stereocenters. The smallest absolute Gasteiger partial charge is 0.161 e. The van der Waals surface area contributed by atoms with Crippen molar-refractivity contribution in [2.45, 2.75) is 39.7 Å². The lowest BCUT2D eigenvalue weighted by Crippen LogP contribution is -2.14. The van der Waals surface area contributed by atoms with Crippen LogP contribution in [0.3, 0.4) is 0 Å². The van der Waals surface area contributed by atoms with Gasteiger partial charge in [0.15, 0.2) is 11.5 Å². The first-order valence-corrected chi connectivity index (χ1v) is 6.82. The summed E-state index contributed by atoms with van der Waals surface area (Å²) in [6, 6.07) is 6.10. The molecule has 0 spiro atoms. The number of nitrogens with one attached hydrogen (secondary N) is 1. The third-order valence-electron chi connectivity index (χ3n) is 2.81. The van der Waals surface area contributed by atoms with Crippen molar-refractivity contribution in [1.29, 1.82) is 0 Å². The van der Waals surface area contributed by atoms with Crippen molar-refractivity contribution < 1.29 is 9.47 Å². The summed E-state index contributed by atoms with van der Waals surface area (Å²) >= 11 is 0. The summed E-state index contributed by atoms with van der Waals surface area (Å²) < 4.78 is 10.8. The van der Waals surface area contributed by atoms with Gasteiger partial charge in [0.1, 0.15) is 0 Å². The molecule has 0 fully saturated rings. The molecule has 0 aliphatic rings. The highest BCUT2D eigenvalue weighted by molar-refractivity contribution is 5.42. The molecule has 0 bridgehead atoms. The summed E-state index contributed by atoms with van der Waals surface area (Å²) in [6.45, 7) is 6.81. The summed E-state index contributed by atoms with van der Waals surface area (Å²) in [5.74, 6) is 1.62. The monoisotopic (exact) mass is 251 g/mol. The molecule has 0 saturated heterocycles. The minimum atomic E-state index is 0.658. The average Bonchev–Trinajstić information content (AvgIpc) is 2.40. The molecule has 18 heavy (non-hydrogen) atoms. The van der Waals surface area contributed by atoms with Gasteiger partial charge in [-0.25, -0.2) is 0 Å². The topological polar surface area (TPSA) is 30.5 Å². The maximum atomic E-state index is 5.50. The van der Waals surface area contributed by atoms with Gasteiger partial charge in [-0.15, -0.1) is 0 Å². The summed E-state index contributed by atoms with van der Waals surface area (Å²) in [5, 5.41) is 3.44. The van der Waals surface area contributed by atoms with Gasteiger partial charge >= 0.3 is 0 Å². The zero-order chi connectivity index (χ0) is 13.2. The molecule has 1 N–H and O–H groups in total. The maximum Gasteiger partial charge on any atom is 0.161 e. The van der Waals surface area contributed by atoms with Gasteiger partial charge in [0, 0.05) is 6.54 Å². The Balaban J connectivity index is 2.46. The van der Waals surface area contributed by atoms with Crippen LogP contribution in [0.2, 0.25) is 0 Å². The number of methoxy groups -OCH3 is 1. The molecular weight excluding hydrogens is 226 g/mol. The van der Waals surface area contributed by atoms with E-state index in [4.69, 9.17) is 9.47 Å². The van der Waals surface area contributed by atoms with E-state index in [2.05, 4.69) is 18.3 Å². The van der Waals surface area contributed by atoms with Gasteiger partial charge in [-0.3, -0.25) is 0 Å². The highest BCUT2D eigenvalue weighted by Crippen LogP contribution is 2.27. The zero-order valence-electron chi connectivity index (χ0n) is 11.8. The number of unbranched alkanes of at least 4 members (excludes halogenated alkanes) is 2.